The lowest BCUT2D eigenvalue weighted by atomic mass is 9.81. The van der Waals surface area contributed by atoms with Gasteiger partial charge in [0.1, 0.15) is 17.0 Å². The monoisotopic (exact) mass is 516 g/mol. The highest BCUT2D eigenvalue weighted by Gasteiger charge is 2.30. The third-order valence-corrected chi connectivity index (χ3v) is 7.26. The van der Waals surface area contributed by atoms with Crippen molar-refractivity contribution in [1.82, 2.24) is 9.80 Å². The second-order valence-electron chi connectivity index (χ2n) is 12.8. The highest BCUT2D eigenvalue weighted by Crippen LogP contribution is 2.35. The Kier molecular flexibility index (Phi) is 9.90. The predicted molar refractivity (Wildman–Crippen MR) is 146 cm³/mol. The number of hydrogen-bond acceptors (Lipinski definition) is 6. The van der Waals surface area contributed by atoms with Crippen molar-refractivity contribution in [1.29, 1.82) is 0 Å². The first-order valence-corrected chi connectivity index (χ1v) is 13.9. The van der Waals surface area contributed by atoms with Crippen LogP contribution in [0.15, 0.2) is 24.3 Å². The van der Waals surface area contributed by atoms with Crippen LogP contribution in [0.1, 0.15) is 91.5 Å². The standard InChI is InChI=1S/C30H48N2O5/c1-29(2,3)36-27(33)21-35-26-14-10-24(11-15-26)23-8-12-25(13-9-23)31(7)20-22-16-18-32(19-17-22)28(34)37-30(4,5)6/h10-11,14-15,22-23,25H,8-9,12-13,16-21H2,1-7H3. The van der Waals surface area contributed by atoms with E-state index >= 15 is 0 Å². The van der Waals surface area contributed by atoms with Gasteiger partial charge in [-0.25, -0.2) is 9.59 Å². The molecule has 208 valence electrons. The third-order valence-electron chi connectivity index (χ3n) is 7.26. The number of likely N-dealkylation sites (tertiary alicyclic amines) is 1. The summed E-state index contributed by atoms with van der Waals surface area (Å²) < 4.78 is 16.4. The Morgan fingerprint density at radius 3 is 1.97 bits per heavy atom. The van der Waals surface area contributed by atoms with Crippen molar-refractivity contribution in [3.63, 3.8) is 0 Å². The molecule has 0 unspecified atom stereocenters. The molecule has 0 atom stereocenters. The summed E-state index contributed by atoms with van der Waals surface area (Å²) in [6.07, 6.45) is 6.68. The zero-order valence-corrected chi connectivity index (χ0v) is 24.0. The van der Waals surface area contributed by atoms with Crippen LogP contribution in [0.2, 0.25) is 0 Å². The van der Waals surface area contributed by atoms with Gasteiger partial charge in [0.25, 0.3) is 0 Å². The topological polar surface area (TPSA) is 68.3 Å². The lowest BCUT2D eigenvalue weighted by Crippen LogP contribution is -2.45. The van der Waals surface area contributed by atoms with Crippen LogP contribution in [0, 0.1) is 5.92 Å². The highest BCUT2D eigenvalue weighted by molar-refractivity contribution is 5.71. The van der Waals surface area contributed by atoms with E-state index in [4.69, 9.17) is 14.2 Å². The van der Waals surface area contributed by atoms with Gasteiger partial charge in [0.2, 0.25) is 0 Å². The summed E-state index contributed by atoms with van der Waals surface area (Å²) in [5.41, 5.74) is 0.404. The van der Waals surface area contributed by atoms with Crippen LogP contribution in [0.4, 0.5) is 4.79 Å². The van der Waals surface area contributed by atoms with E-state index in [0.29, 0.717) is 23.6 Å². The summed E-state index contributed by atoms with van der Waals surface area (Å²) >= 11 is 0. The number of carbonyl (C=O) groups excluding carboxylic acids is 2. The first kappa shape index (κ1) is 29.3. The van der Waals surface area contributed by atoms with Crippen molar-refractivity contribution in [2.24, 2.45) is 5.92 Å². The molecule has 1 aromatic rings. The first-order valence-electron chi connectivity index (χ1n) is 13.9. The molecule has 1 saturated heterocycles. The van der Waals surface area contributed by atoms with Gasteiger partial charge in [0.05, 0.1) is 0 Å². The number of esters is 1. The van der Waals surface area contributed by atoms with Gasteiger partial charge >= 0.3 is 12.1 Å². The molecular weight excluding hydrogens is 468 g/mol. The molecule has 1 aliphatic heterocycles. The number of benzene rings is 1. The molecule has 0 bridgehead atoms. The summed E-state index contributed by atoms with van der Waals surface area (Å²) in [6.45, 7) is 13.9. The molecule has 1 aromatic carbocycles. The fourth-order valence-corrected chi connectivity index (χ4v) is 5.38. The molecule has 1 aliphatic carbocycles. The number of amides is 1. The maximum atomic E-state index is 12.3. The molecule has 1 saturated carbocycles. The van der Waals surface area contributed by atoms with E-state index in [2.05, 4.69) is 24.1 Å². The summed E-state index contributed by atoms with van der Waals surface area (Å²) in [6, 6.07) is 8.81. The lowest BCUT2D eigenvalue weighted by Gasteiger charge is -2.39. The van der Waals surface area contributed by atoms with E-state index in [-0.39, 0.29) is 18.7 Å². The average Bonchev–Trinajstić information content (AvgIpc) is 2.81. The van der Waals surface area contributed by atoms with Crippen LogP contribution < -0.4 is 4.74 Å². The molecule has 7 nitrogen and oxygen atoms in total. The van der Waals surface area contributed by atoms with E-state index in [1.165, 1.54) is 31.2 Å². The van der Waals surface area contributed by atoms with Crippen LogP contribution in [-0.4, -0.2) is 72.4 Å². The van der Waals surface area contributed by atoms with E-state index in [1.54, 1.807) is 0 Å². The number of hydrogen-bond donors (Lipinski definition) is 0. The maximum Gasteiger partial charge on any atom is 0.410 e. The molecule has 1 heterocycles. The number of rotatable bonds is 7. The minimum atomic E-state index is -0.503. The molecule has 0 aromatic heterocycles. The van der Waals surface area contributed by atoms with E-state index in [0.717, 1.165) is 32.5 Å². The van der Waals surface area contributed by atoms with Crippen LogP contribution >= 0.6 is 0 Å². The van der Waals surface area contributed by atoms with Gasteiger partial charge in [-0.3, -0.25) is 0 Å². The maximum absolute atomic E-state index is 12.3. The fraction of sp³-hybridized carbons (Fsp3) is 0.733. The van der Waals surface area contributed by atoms with E-state index < -0.39 is 11.2 Å². The second kappa shape index (κ2) is 12.5. The normalized spacial score (nSPS) is 21.6. The van der Waals surface area contributed by atoms with Crippen LogP contribution in [0.25, 0.3) is 0 Å². The van der Waals surface area contributed by atoms with Crippen molar-refractivity contribution < 1.29 is 23.8 Å². The Morgan fingerprint density at radius 1 is 0.865 bits per heavy atom. The van der Waals surface area contributed by atoms with E-state index in [9.17, 15) is 9.59 Å². The van der Waals surface area contributed by atoms with Gasteiger partial charge in [0.15, 0.2) is 6.61 Å². The smallest absolute Gasteiger partial charge is 0.410 e. The highest BCUT2D eigenvalue weighted by atomic mass is 16.6. The summed E-state index contributed by atoms with van der Waals surface area (Å²) in [7, 11) is 2.27. The summed E-state index contributed by atoms with van der Waals surface area (Å²) in [5.74, 6) is 1.55. The average molecular weight is 517 g/mol. The first-order chi connectivity index (χ1) is 17.3. The fourth-order valence-electron chi connectivity index (χ4n) is 5.38. The SMILES string of the molecule is CN(CC1CCN(C(=O)OC(C)(C)C)CC1)C1CCC(c2ccc(OCC(=O)OC(C)(C)C)cc2)CC1. The second-order valence-corrected chi connectivity index (χ2v) is 12.8. The van der Waals surface area contributed by atoms with Crippen LogP contribution in [0.3, 0.4) is 0 Å². The number of nitrogens with zero attached hydrogens (tertiary/aromatic N) is 2. The molecule has 0 N–H and O–H groups in total. The minimum Gasteiger partial charge on any atom is -0.482 e. The van der Waals surface area contributed by atoms with E-state index in [1.807, 2.05) is 58.6 Å². The minimum absolute atomic E-state index is 0.0753. The lowest BCUT2D eigenvalue weighted by molar-refractivity contribution is -0.157. The number of carbonyl (C=O) groups is 2. The van der Waals surface area contributed by atoms with Gasteiger partial charge in [0, 0.05) is 25.7 Å². The Hall–Kier alpha value is -2.28. The third kappa shape index (κ3) is 9.84. The Bertz CT molecular complexity index is 871. The van der Waals surface area contributed by atoms with Gasteiger partial charge in [-0.15, -0.1) is 0 Å². The molecule has 0 radical (unpaired) electrons. The molecular formula is C30H48N2O5. The van der Waals surface area contributed by atoms with Crippen molar-refractivity contribution in [3.8, 4) is 5.75 Å². The molecule has 2 aliphatic rings. The van der Waals surface area contributed by atoms with Gasteiger partial charge in [-0.2, -0.15) is 0 Å². The van der Waals surface area contributed by atoms with Crippen molar-refractivity contribution >= 4 is 12.1 Å². The van der Waals surface area contributed by atoms with Crippen molar-refractivity contribution in [2.75, 3.05) is 33.3 Å². The largest absolute Gasteiger partial charge is 0.482 e. The van der Waals surface area contributed by atoms with Crippen LogP contribution in [0.5, 0.6) is 5.75 Å². The predicted octanol–water partition coefficient (Wildman–Crippen LogP) is 6.01. The Labute approximate surface area is 223 Å². The molecule has 2 fully saturated rings. The van der Waals surface area contributed by atoms with Crippen molar-refractivity contribution in [3.05, 3.63) is 29.8 Å². The summed E-state index contributed by atoms with van der Waals surface area (Å²) in [4.78, 5) is 28.6. The van der Waals surface area contributed by atoms with Gasteiger partial charge < -0.3 is 24.0 Å². The molecule has 7 heteroatoms. The van der Waals surface area contributed by atoms with Gasteiger partial charge in [-0.1, -0.05) is 12.1 Å². The van der Waals surface area contributed by atoms with Crippen molar-refractivity contribution in [2.45, 2.75) is 103 Å². The van der Waals surface area contributed by atoms with Crippen LogP contribution in [-0.2, 0) is 14.3 Å². The Balaban J connectivity index is 1.37. The molecule has 0 spiro atoms. The number of ether oxygens (including phenoxy) is 3. The molecule has 37 heavy (non-hydrogen) atoms. The molecule has 3 rings (SSSR count). The van der Waals surface area contributed by atoms with Gasteiger partial charge in [-0.05, 0) is 117 Å². The quantitative estimate of drug-likeness (QED) is 0.413. The summed E-state index contributed by atoms with van der Waals surface area (Å²) in [5, 5.41) is 0. The number of piperidine rings is 1. The zero-order valence-electron chi connectivity index (χ0n) is 24.0. The Morgan fingerprint density at radius 2 is 1.43 bits per heavy atom. The molecule has 1 amide bonds. The zero-order chi connectivity index (χ0) is 27.2.